The van der Waals surface area contributed by atoms with Crippen LogP contribution in [0.2, 0.25) is 0 Å². The highest BCUT2D eigenvalue weighted by Gasteiger charge is 2.33. The SMILES string of the molecule is O=C(O)C1CCCN(S(=O)(=O)NN2CCOCC2)C1. The van der Waals surface area contributed by atoms with Crippen LogP contribution in [0.1, 0.15) is 12.8 Å². The van der Waals surface area contributed by atoms with Crippen LogP contribution in [0.3, 0.4) is 0 Å². The maximum atomic E-state index is 12.2. The van der Waals surface area contributed by atoms with E-state index in [1.807, 2.05) is 0 Å². The van der Waals surface area contributed by atoms with Gasteiger partial charge in [0.05, 0.1) is 19.1 Å². The normalized spacial score (nSPS) is 27.3. The van der Waals surface area contributed by atoms with E-state index in [9.17, 15) is 13.2 Å². The number of carboxylic acids is 1. The summed E-state index contributed by atoms with van der Waals surface area (Å²) < 4.78 is 30.7. The second-order valence-electron chi connectivity index (χ2n) is 4.73. The van der Waals surface area contributed by atoms with Crippen LogP contribution in [0.15, 0.2) is 0 Å². The van der Waals surface area contributed by atoms with Crippen molar-refractivity contribution in [3.05, 3.63) is 0 Å². The number of piperidine rings is 1. The van der Waals surface area contributed by atoms with E-state index in [0.717, 1.165) is 0 Å². The van der Waals surface area contributed by atoms with E-state index in [4.69, 9.17) is 9.84 Å². The van der Waals surface area contributed by atoms with Crippen molar-refractivity contribution in [1.29, 1.82) is 0 Å². The van der Waals surface area contributed by atoms with Crippen molar-refractivity contribution in [2.45, 2.75) is 12.8 Å². The Balaban J connectivity index is 1.96. The first kappa shape index (κ1) is 14.7. The van der Waals surface area contributed by atoms with Crippen LogP contribution in [-0.4, -0.2) is 68.2 Å². The maximum absolute atomic E-state index is 12.2. The molecule has 8 nitrogen and oxygen atoms in total. The number of aliphatic carboxylic acids is 1. The van der Waals surface area contributed by atoms with Crippen LogP contribution in [-0.2, 0) is 19.7 Å². The molecule has 0 aromatic carbocycles. The van der Waals surface area contributed by atoms with Gasteiger partial charge in [-0.15, -0.1) is 4.83 Å². The molecule has 0 spiro atoms. The van der Waals surface area contributed by atoms with Gasteiger partial charge in [-0.2, -0.15) is 12.7 Å². The Morgan fingerprint density at radius 3 is 2.58 bits per heavy atom. The maximum Gasteiger partial charge on any atom is 0.307 e. The summed E-state index contributed by atoms with van der Waals surface area (Å²) >= 11 is 0. The zero-order chi connectivity index (χ0) is 13.9. The molecule has 2 heterocycles. The monoisotopic (exact) mass is 293 g/mol. The van der Waals surface area contributed by atoms with Gasteiger partial charge in [0.2, 0.25) is 0 Å². The van der Waals surface area contributed by atoms with Crippen LogP contribution in [0, 0.1) is 5.92 Å². The molecule has 1 unspecified atom stereocenters. The van der Waals surface area contributed by atoms with Crippen molar-refractivity contribution in [1.82, 2.24) is 14.1 Å². The van der Waals surface area contributed by atoms with E-state index in [2.05, 4.69) is 4.83 Å². The summed E-state index contributed by atoms with van der Waals surface area (Å²) in [5.41, 5.74) is 0. The molecule has 2 N–H and O–H groups in total. The number of hydrogen-bond donors (Lipinski definition) is 2. The molecule has 2 fully saturated rings. The first-order valence-electron chi connectivity index (χ1n) is 6.32. The lowest BCUT2D eigenvalue weighted by Crippen LogP contribution is -2.55. The third-order valence-corrected chi connectivity index (χ3v) is 4.83. The molecular weight excluding hydrogens is 274 g/mol. The number of carboxylic acid groups (broad SMARTS) is 1. The Labute approximate surface area is 112 Å². The molecule has 19 heavy (non-hydrogen) atoms. The molecule has 0 aromatic heterocycles. The molecule has 0 saturated carbocycles. The van der Waals surface area contributed by atoms with Crippen LogP contribution in [0.5, 0.6) is 0 Å². The Hall–Kier alpha value is -0.740. The van der Waals surface area contributed by atoms with Gasteiger partial charge in [-0.1, -0.05) is 0 Å². The minimum Gasteiger partial charge on any atom is -0.481 e. The Bertz CT molecular complexity index is 421. The molecule has 1 atom stereocenters. The van der Waals surface area contributed by atoms with E-state index in [1.165, 1.54) is 4.31 Å². The highest BCUT2D eigenvalue weighted by Crippen LogP contribution is 2.18. The second-order valence-corrected chi connectivity index (χ2v) is 6.38. The fourth-order valence-corrected chi connectivity index (χ4v) is 3.61. The summed E-state index contributed by atoms with van der Waals surface area (Å²) in [5.74, 6) is -1.55. The number of rotatable bonds is 4. The number of hydrazine groups is 1. The summed E-state index contributed by atoms with van der Waals surface area (Å²) in [5, 5.41) is 10.6. The average molecular weight is 293 g/mol. The lowest BCUT2D eigenvalue weighted by Gasteiger charge is -2.33. The third-order valence-electron chi connectivity index (χ3n) is 3.33. The van der Waals surface area contributed by atoms with Crippen LogP contribution in [0.25, 0.3) is 0 Å². The fourth-order valence-electron chi connectivity index (χ4n) is 2.24. The van der Waals surface area contributed by atoms with E-state index in [0.29, 0.717) is 45.7 Å². The zero-order valence-corrected chi connectivity index (χ0v) is 11.4. The average Bonchev–Trinajstić information content (AvgIpc) is 2.39. The minimum atomic E-state index is -3.66. The smallest absolute Gasteiger partial charge is 0.307 e. The van der Waals surface area contributed by atoms with Crippen molar-refractivity contribution >= 4 is 16.2 Å². The Morgan fingerprint density at radius 1 is 1.26 bits per heavy atom. The fraction of sp³-hybridized carbons (Fsp3) is 0.900. The van der Waals surface area contributed by atoms with Gasteiger partial charge in [-0.05, 0) is 12.8 Å². The Morgan fingerprint density at radius 2 is 1.95 bits per heavy atom. The van der Waals surface area contributed by atoms with Gasteiger partial charge in [0.25, 0.3) is 10.2 Å². The number of nitrogens with zero attached hydrogens (tertiary/aromatic N) is 2. The quantitative estimate of drug-likeness (QED) is 0.680. The van der Waals surface area contributed by atoms with Crippen molar-refractivity contribution in [3.63, 3.8) is 0 Å². The summed E-state index contributed by atoms with van der Waals surface area (Å²) in [7, 11) is -3.66. The minimum absolute atomic E-state index is 0.0367. The molecule has 9 heteroatoms. The third kappa shape index (κ3) is 3.86. The summed E-state index contributed by atoms with van der Waals surface area (Å²) in [4.78, 5) is 13.4. The van der Waals surface area contributed by atoms with Crippen LogP contribution in [0.4, 0.5) is 0 Å². The van der Waals surface area contributed by atoms with Crippen LogP contribution >= 0.6 is 0 Å². The predicted molar refractivity (Wildman–Crippen MR) is 66.4 cm³/mol. The predicted octanol–water partition coefficient (Wildman–Crippen LogP) is -1.14. The lowest BCUT2D eigenvalue weighted by molar-refractivity contribution is -0.142. The molecule has 2 rings (SSSR count). The van der Waals surface area contributed by atoms with Crippen molar-refractivity contribution in [2.75, 3.05) is 39.4 Å². The van der Waals surface area contributed by atoms with Gasteiger partial charge in [-0.3, -0.25) is 4.79 Å². The molecule has 2 aliphatic heterocycles. The van der Waals surface area contributed by atoms with E-state index < -0.39 is 22.1 Å². The second kappa shape index (κ2) is 6.14. The highest BCUT2D eigenvalue weighted by atomic mass is 32.2. The largest absolute Gasteiger partial charge is 0.481 e. The zero-order valence-electron chi connectivity index (χ0n) is 10.6. The van der Waals surface area contributed by atoms with Crippen molar-refractivity contribution in [2.24, 2.45) is 5.92 Å². The molecule has 0 bridgehead atoms. The van der Waals surface area contributed by atoms with Crippen molar-refractivity contribution < 1.29 is 23.1 Å². The highest BCUT2D eigenvalue weighted by molar-refractivity contribution is 7.87. The number of hydrogen-bond acceptors (Lipinski definition) is 5. The van der Waals surface area contributed by atoms with Gasteiger partial charge in [0.15, 0.2) is 0 Å². The standard InChI is InChI=1S/C10H19N3O5S/c14-10(15)9-2-1-3-13(8-9)19(16,17)11-12-4-6-18-7-5-12/h9,11H,1-8H2,(H,14,15). The molecule has 0 aliphatic carbocycles. The van der Waals surface area contributed by atoms with Gasteiger partial charge >= 0.3 is 5.97 Å². The van der Waals surface area contributed by atoms with E-state index in [1.54, 1.807) is 5.01 Å². The van der Waals surface area contributed by atoms with Crippen molar-refractivity contribution in [3.8, 4) is 0 Å². The molecule has 110 valence electrons. The summed E-state index contributed by atoms with van der Waals surface area (Å²) in [6, 6.07) is 0. The van der Waals surface area contributed by atoms with Gasteiger partial charge in [-0.25, -0.2) is 5.01 Å². The number of ether oxygens (including phenoxy) is 1. The molecular formula is C10H19N3O5S. The number of nitrogens with one attached hydrogen (secondary N) is 1. The van der Waals surface area contributed by atoms with Gasteiger partial charge in [0, 0.05) is 26.2 Å². The topological polar surface area (TPSA) is 99.2 Å². The summed E-state index contributed by atoms with van der Waals surface area (Å²) in [6.45, 7) is 2.36. The summed E-state index contributed by atoms with van der Waals surface area (Å²) in [6.07, 6.45) is 1.10. The van der Waals surface area contributed by atoms with Gasteiger partial charge < -0.3 is 9.84 Å². The molecule has 2 saturated heterocycles. The molecule has 0 radical (unpaired) electrons. The van der Waals surface area contributed by atoms with E-state index >= 15 is 0 Å². The molecule has 0 aromatic rings. The van der Waals surface area contributed by atoms with E-state index in [-0.39, 0.29) is 6.54 Å². The molecule has 0 amide bonds. The lowest BCUT2D eigenvalue weighted by atomic mass is 10.0. The first-order valence-corrected chi connectivity index (χ1v) is 7.76. The Kier molecular flexibility index (Phi) is 4.74. The first-order chi connectivity index (χ1) is 8.99. The van der Waals surface area contributed by atoms with Gasteiger partial charge in [0.1, 0.15) is 0 Å². The van der Waals surface area contributed by atoms with Crippen LogP contribution < -0.4 is 4.83 Å². The number of morpholine rings is 1. The number of carbonyl (C=O) groups is 1. The molecule has 2 aliphatic rings.